The molecule has 4 rings (SSSR count). The number of aliphatic hydroxyl groups excluding tert-OH is 1. The molecule has 2 N–H and O–H groups in total. The third-order valence-electron chi connectivity index (χ3n) is 5.70. The molecule has 4 aromatic rings. The van der Waals surface area contributed by atoms with Crippen LogP contribution in [0.1, 0.15) is 25.1 Å². The molecule has 0 unspecified atom stereocenters. The molecule has 1 aromatic heterocycles. The van der Waals surface area contributed by atoms with E-state index in [1.54, 1.807) is 73.1 Å². The number of rotatable bonds is 6. The van der Waals surface area contributed by atoms with Crippen LogP contribution in [0.5, 0.6) is 0 Å². The number of aromatic nitrogens is 2. The summed E-state index contributed by atoms with van der Waals surface area (Å²) < 4.78 is 26.2. The number of imidazole rings is 1. The highest BCUT2D eigenvalue weighted by Gasteiger charge is 2.26. The number of aliphatic hydroxyl groups is 2. The van der Waals surface area contributed by atoms with Crippen LogP contribution in [0.4, 0.5) is 0 Å². The zero-order valence-electron chi connectivity index (χ0n) is 19.6. The van der Waals surface area contributed by atoms with Gasteiger partial charge in [0.05, 0.1) is 43.5 Å². The third kappa shape index (κ3) is 5.18. The van der Waals surface area contributed by atoms with Crippen molar-refractivity contribution in [3.63, 3.8) is 0 Å². The summed E-state index contributed by atoms with van der Waals surface area (Å²) >= 11 is 19.7. The molecule has 0 saturated heterocycles. The molecule has 0 aliphatic heterocycles. The fourth-order valence-corrected chi connectivity index (χ4v) is 5.63. The van der Waals surface area contributed by atoms with Gasteiger partial charge in [0.1, 0.15) is 11.4 Å². The second kappa shape index (κ2) is 9.82. The first-order valence-electron chi connectivity index (χ1n) is 10.8. The Labute approximate surface area is 224 Å². The molecule has 0 radical (unpaired) electrons. The molecule has 188 valence electrons. The third-order valence-corrected chi connectivity index (χ3v) is 7.81. The van der Waals surface area contributed by atoms with Crippen molar-refractivity contribution in [1.29, 1.82) is 0 Å². The van der Waals surface area contributed by atoms with Crippen molar-refractivity contribution in [2.45, 2.75) is 31.0 Å². The molecule has 0 fully saturated rings. The van der Waals surface area contributed by atoms with E-state index in [-0.39, 0.29) is 11.5 Å². The molecule has 6 nitrogen and oxygen atoms in total. The Morgan fingerprint density at radius 1 is 0.944 bits per heavy atom. The molecule has 0 aliphatic carbocycles. The molecule has 0 saturated carbocycles. The van der Waals surface area contributed by atoms with Crippen molar-refractivity contribution in [1.82, 2.24) is 9.55 Å². The molecule has 0 aliphatic rings. The summed E-state index contributed by atoms with van der Waals surface area (Å²) in [5.41, 5.74) is 1.83. The van der Waals surface area contributed by atoms with Crippen LogP contribution in [0, 0.1) is 0 Å². The molecular weight excluding hydrogens is 543 g/mol. The predicted octanol–water partition coefficient (Wildman–Crippen LogP) is 6.29. The van der Waals surface area contributed by atoms with Gasteiger partial charge in [-0.15, -0.1) is 0 Å². The van der Waals surface area contributed by atoms with Gasteiger partial charge in [-0.3, -0.25) is 4.57 Å². The number of sulfone groups is 1. The van der Waals surface area contributed by atoms with Crippen LogP contribution in [0.15, 0.2) is 65.7 Å². The van der Waals surface area contributed by atoms with Crippen molar-refractivity contribution in [2.24, 2.45) is 0 Å². The summed E-state index contributed by atoms with van der Waals surface area (Å²) in [4.78, 5) is 4.68. The van der Waals surface area contributed by atoms with Crippen LogP contribution in [-0.4, -0.2) is 34.4 Å². The first-order valence-corrected chi connectivity index (χ1v) is 13.8. The second-order valence-electron chi connectivity index (χ2n) is 8.89. The van der Waals surface area contributed by atoms with E-state index in [1.807, 2.05) is 0 Å². The Balaban J connectivity index is 1.88. The van der Waals surface area contributed by atoms with E-state index in [2.05, 4.69) is 4.98 Å². The topological polar surface area (TPSA) is 92.4 Å². The van der Waals surface area contributed by atoms with Crippen molar-refractivity contribution in [2.75, 3.05) is 6.26 Å². The molecule has 0 atom stereocenters. The highest BCUT2D eigenvalue weighted by molar-refractivity contribution is 7.90. The fraction of sp³-hybridized carbons (Fsp3) is 0.192. The molecule has 36 heavy (non-hydrogen) atoms. The smallest absolute Gasteiger partial charge is 0.175 e. The number of hydrogen-bond donors (Lipinski definition) is 2. The lowest BCUT2D eigenvalue weighted by atomic mass is 10.0. The van der Waals surface area contributed by atoms with E-state index in [1.165, 1.54) is 6.07 Å². The van der Waals surface area contributed by atoms with Gasteiger partial charge in [0.25, 0.3) is 0 Å². The highest BCUT2D eigenvalue weighted by Crippen LogP contribution is 2.39. The SMILES string of the molecule is CC(C)(O)c1cn(-c2ccc(-c3ccc(CO)c(S(C)(=O)=O)c3)cc2Cl)c(-c2c(Cl)cccc2Cl)n1. The van der Waals surface area contributed by atoms with Gasteiger partial charge >= 0.3 is 0 Å². The van der Waals surface area contributed by atoms with Gasteiger partial charge in [0.2, 0.25) is 0 Å². The van der Waals surface area contributed by atoms with Crippen molar-refractivity contribution in [3.05, 3.63) is 87.1 Å². The van der Waals surface area contributed by atoms with Crippen molar-refractivity contribution >= 4 is 44.6 Å². The van der Waals surface area contributed by atoms with Gasteiger partial charge in [-0.2, -0.15) is 0 Å². The summed E-state index contributed by atoms with van der Waals surface area (Å²) in [6, 6.07) is 15.2. The largest absolute Gasteiger partial charge is 0.392 e. The zero-order chi connectivity index (χ0) is 26.4. The molecule has 1 heterocycles. The molecule has 0 amide bonds. The predicted molar refractivity (Wildman–Crippen MR) is 144 cm³/mol. The van der Waals surface area contributed by atoms with Crippen molar-refractivity contribution < 1.29 is 18.6 Å². The Morgan fingerprint density at radius 3 is 2.11 bits per heavy atom. The average molecular weight is 566 g/mol. The van der Waals surface area contributed by atoms with Gasteiger partial charge in [-0.1, -0.05) is 59.1 Å². The number of hydrogen-bond acceptors (Lipinski definition) is 5. The lowest BCUT2D eigenvalue weighted by Gasteiger charge is -2.14. The number of nitrogens with zero attached hydrogens (tertiary/aromatic N) is 2. The normalized spacial score (nSPS) is 12.2. The Bertz CT molecular complexity index is 1550. The standard InChI is InChI=1S/C26H23Cl3N2O4S/c1-26(2,33)23-13-31(25(30-23)24-18(27)5-4-6-19(24)28)21-10-9-15(11-20(21)29)16-7-8-17(14-32)22(12-16)36(3,34)35/h4-13,32-33H,14H2,1-3H3. The minimum atomic E-state index is -3.55. The fourth-order valence-electron chi connectivity index (χ4n) is 3.84. The van der Waals surface area contributed by atoms with E-state index < -0.39 is 15.4 Å². The number of halogens is 3. The monoisotopic (exact) mass is 564 g/mol. The first kappa shape index (κ1) is 26.7. The summed E-state index contributed by atoms with van der Waals surface area (Å²) in [6.07, 6.45) is 2.77. The quantitative estimate of drug-likeness (QED) is 0.287. The summed E-state index contributed by atoms with van der Waals surface area (Å²) in [5.74, 6) is 0.407. The van der Waals surface area contributed by atoms with Crippen LogP contribution in [0.2, 0.25) is 15.1 Å². The van der Waals surface area contributed by atoms with Gasteiger partial charge in [-0.05, 0) is 60.9 Å². The van der Waals surface area contributed by atoms with Gasteiger partial charge in [0.15, 0.2) is 9.84 Å². The van der Waals surface area contributed by atoms with Gasteiger partial charge in [-0.25, -0.2) is 13.4 Å². The Morgan fingerprint density at radius 2 is 1.56 bits per heavy atom. The van der Waals surface area contributed by atoms with Crippen LogP contribution in [-0.2, 0) is 22.0 Å². The maximum atomic E-state index is 12.2. The van der Waals surface area contributed by atoms with Crippen LogP contribution in [0.25, 0.3) is 28.2 Å². The van der Waals surface area contributed by atoms with E-state index >= 15 is 0 Å². The second-order valence-corrected chi connectivity index (χ2v) is 12.1. The minimum absolute atomic E-state index is 0.0581. The zero-order valence-corrected chi connectivity index (χ0v) is 22.7. The van der Waals surface area contributed by atoms with Crippen LogP contribution < -0.4 is 0 Å². The lowest BCUT2D eigenvalue weighted by Crippen LogP contribution is -2.15. The van der Waals surface area contributed by atoms with E-state index in [4.69, 9.17) is 34.8 Å². The minimum Gasteiger partial charge on any atom is -0.392 e. The van der Waals surface area contributed by atoms with Crippen LogP contribution in [0.3, 0.4) is 0 Å². The molecule has 0 spiro atoms. The van der Waals surface area contributed by atoms with Gasteiger partial charge in [0, 0.05) is 12.5 Å². The molecule has 0 bridgehead atoms. The van der Waals surface area contributed by atoms with Crippen molar-refractivity contribution in [3.8, 4) is 28.2 Å². The first-order chi connectivity index (χ1) is 16.8. The Hall–Kier alpha value is -2.39. The van der Waals surface area contributed by atoms with Crippen LogP contribution >= 0.6 is 34.8 Å². The van der Waals surface area contributed by atoms with Gasteiger partial charge < -0.3 is 10.2 Å². The summed E-state index contributed by atoms with van der Waals surface area (Å²) in [6.45, 7) is 2.86. The molecule has 10 heteroatoms. The average Bonchev–Trinajstić information content (AvgIpc) is 3.23. The lowest BCUT2D eigenvalue weighted by molar-refractivity contribution is 0.0743. The molecule has 3 aromatic carbocycles. The summed E-state index contributed by atoms with van der Waals surface area (Å²) in [5, 5.41) is 21.3. The molecular formula is C26H23Cl3N2O4S. The van der Waals surface area contributed by atoms with E-state index in [0.29, 0.717) is 54.5 Å². The maximum Gasteiger partial charge on any atom is 0.175 e. The summed E-state index contributed by atoms with van der Waals surface area (Å²) in [7, 11) is -3.55. The number of benzene rings is 3. The Kier molecular flexibility index (Phi) is 7.27. The highest BCUT2D eigenvalue weighted by atomic mass is 35.5. The van der Waals surface area contributed by atoms with E-state index in [9.17, 15) is 18.6 Å². The van der Waals surface area contributed by atoms with E-state index in [0.717, 1.165) is 6.26 Å². The maximum absolute atomic E-state index is 12.2.